The molecular weight excluding hydrogens is 338 g/mol. The highest BCUT2D eigenvalue weighted by atomic mass is 35.5. The molecule has 0 aliphatic heterocycles. The summed E-state index contributed by atoms with van der Waals surface area (Å²) in [5.74, 6) is 0.00714. The molecule has 1 saturated carbocycles. The first-order valence-electron chi connectivity index (χ1n) is 7.99. The Kier molecular flexibility index (Phi) is 5.10. The zero-order chi connectivity index (χ0) is 17.8. The van der Waals surface area contributed by atoms with Crippen LogP contribution in [0.3, 0.4) is 0 Å². The van der Waals surface area contributed by atoms with Gasteiger partial charge in [-0.2, -0.15) is 0 Å². The van der Waals surface area contributed by atoms with Crippen molar-refractivity contribution in [1.29, 1.82) is 0 Å². The Morgan fingerprint density at radius 2 is 1.60 bits per heavy atom. The van der Waals surface area contributed by atoms with E-state index < -0.39 is 4.92 Å². The number of carbonyl (C=O) groups is 1. The van der Waals surface area contributed by atoms with Crippen molar-refractivity contribution < 1.29 is 9.72 Å². The summed E-state index contributed by atoms with van der Waals surface area (Å²) in [6.07, 6.45) is 5.93. The molecule has 0 unspecified atom stereocenters. The molecule has 0 saturated heterocycles. The minimum Gasteiger partial charge on any atom is -0.289 e. The van der Waals surface area contributed by atoms with Crippen molar-refractivity contribution in [2.75, 3.05) is 0 Å². The van der Waals surface area contributed by atoms with Crippen molar-refractivity contribution in [2.24, 2.45) is 0 Å². The van der Waals surface area contributed by atoms with Gasteiger partial charge in [0.1, 0.15) is 0 Å². The maximum absolute atomic E-state index is 12.7. The van der Waals surface area contributed by atoms with Crippen molar-refractivity contribution >= 4 is 35.2 Å². The molecule has 1 fully saturated rings. The second kappa shape index (κ2) is 7.45. The van der Waals surface area contributed by atoms with Crippen LogP contribution < -0.4 is 0 Å². The third-order valence-electron chi connectivity index (χ3n) is 4.11. The number of nitrogens with zero attached hydrogens (tertiary/aromatic N) is 1. The van der Waals surface area contributed by atoms with Crippen LogP contribution in [-0.2, 0) is 4.79 Å². The molecule has 1 aliphatic rings. The Morgan fingerprint density at radius 3 is 2.24 bits per heavy atom. The standard InChI is InChI=1S/C20H16ClNO3/c21-18-9-7-14(8-10-18)11-16-4-2-5-17(20(16)23)12-15-3-1-6-19(13-15)22(24)25/h1,3,6-13H,2,4-5H2/b16-11+,17-12+. The molecule has 0 aromatic heterocycles. The third kappa shape index (κ3) is 4.22. The second-order valence-electron chi connectivity index (χ2n) is 5.93. The maximum Gasteiger partial charge on any atom is 0.270 e. The number of ketones is 1. The number of nitro benzene ring substituents is 1. The number of non-ortho nitro benzene ring substituents is 1. The second-order valence-corrected chi connectivity index (χ2v) is 6.36. The van der Waals surface area contributed by atoms with Gasteiger partial charge in [-0.3, -0.25) is 14.9 Å². The summed E-state index contributed by atoms with van der Waals surface area (Å²) in [7, 11) is 0. The molecule has 0 atom stereocenters. The van der Waals surface area contributed by atoms with Gasteiger partial charge >= 0.3 is 0 Å². The summed E-state index contributed by atoms with van der Waals surface area (Å²) >= 11 is 5.89. The first-order chi connectivity index (χ1) is 12.0. The Balaban J connectivity index is 1.88. The van der Waals surface area contributed by atoms with Crippen LogP contribution in [0.15, 0.2) is 59.7 Å². The minimum atomic E-state index is -0.434. The van der Waals surface area contributed by atoms with Gasteiger partial charge in [0.15, 0.2) is 5.78 Å². The molecule has 3 rings (SSSR count). The van der Waals surface area contributed by atoms with E-state index in [0.717, 1.165) is 24.0 Å². The van der Waals surface area contributed by atoms with Crippen molar-refractivity contribution in [3.63, 3.8) is 0 Å². The smallest absolute Gasteiger partial charge is 0.270 e. The van der Waals surface area contributed by atoms with Crippen LogP contribution >= 0.6 is 11.6 Å². The predicted octanol–water partition coefficient (Wildman–Crippen LogP) is 5.47. The average molecular weight is 354 g/mol. The molecule has 0 heterocycles. The van der Waals surface area contributed by atoms with Crippen LogP contribution in [-0.4, -0.2) is 10.7 Å². The molecule has 5 heteroatoms. The lowest BCUT2D eigenvalue weighted by atomic mass is 9.87. The molecule has 0 N–H and O–H groups in total. The fourth-order valence-electron chi connectivity index (χ4n) is 2.87. The Hall–Kier alpha value is -2.72. The van der Waals surface area contributed by atoms with Crippen molar-refractivity contribution in [3.8, 4) is 0 Å². The highest BCUT2D eigenvalue weighted by Gasteiger charge is 2.20. The van der Waals surface area contributed by atoms with Crippen LogP contribution in [0.2, 0.25) is 5.02 Å². The van der Waals surface area contributed by atoms with E-state index in [-0.39, 0.29) is 11.5 Å². The van der Waals surface area contributed by atoms with Gasteiger partial charge in [-0.1, -0.05) is 35.9 Å². The fourth-order valence-corrected chi connectivity index (χ4v) is 2.99. The van der Waals surface area contributed by atoms with E-state index in [1.165, 1.54) is 12.1 Å². The summed E-state index contributed by atoms with van der Waals surface area (Å²) in [5.41, 5.74) is 3.07. The van der Waals surface area contributed by atoms with Gasteiger partial charge in [-0.15, -0.1) is 0 Å². The molecule has 0 bridgehead atoms. The van der Waals surface area contributed by atoms with Gasteiger partial charge in [0.05, 0.1) is 4.92 Å². The van der Waals surface area contributed by atoms with Crippen molar-refractivity contribution in [3.05, 3.63) is 85.9 Å². The van der Waals surface area contributed by atoms with Gasteiger partial charge in [-0.25, -0.2) is 0 Å². The molecule has 2 aromatic rings. The molecule has 0 radical (unpaired) electrons. The Labute approximate surface area is 150 Å². The highest BCUT2D eigenvalue weighted by Crippen LogP contribution is 2.28. The van der Waals surface area contributed by atoms with E-state index in [2.05, 4.69) is 0 Å². The molecular formula is C20H16ClNO3. The van der Waals surface area contributed by atoms with Gasteiger partial charge in [0, 0.05) is 28.3 Å². The van der Waals surface area contributed by atoms with Crippen LogP contribution in [0.25, 0.3) is 12.2 Å². The van der Waals surface area contributed by atoms with Gasteiger partial charge in [0.25, 0.3) is 5.69 Å². The maximum atomic E-state index is 12.7. The summed E-state index contributed by atoms with van der Waals surface area (Å²) in [4.78, 5) is 23.2. The topological polar surface area (TPSA) is 60.2 Å². The number of rotatable bonds is 3. The number of halogens is 1. The van der Waals surface area contributed by atoms with Crippen molar-refractivity contribution in [2.45, 2.75) is 19.3 Å². The predicted molar refractivity (Wildman–Crippen MR) is 99.4 cm³/mol. The monoisotopic (exact) mass is 353 g/mol. The Morgan fingerprint density at radius 1 is 0.960 bits per heavy atom. The molecule has 0 amide bonds. The zero-order valence-corrected chi connectivity index (χ0v) is 14.2. The summed E-state index contributed by atoms with van der Waals surface area (Å²) < 4.78 is 0. The number of allylic oxidation sites excluding steroid dienone is 2. The molecule has 1 aliphatic carbocycles. The van der Waals surface area contributed by atoms with E-state index in [1.54, 1.807) is 30.3 Å². The van der Waals surface area contributed by atoms with Crippen LogP contribution in [0, 0.1) is 10.1 Å². The van der Waals surface area contributed by atoms with E-state index in [0.29, 0.717) is 22.6 Å². The van der Waals surface area contributed by atoms with Gasteiger partial charge < -0.3 is 0 Å². The largest absolute Gasteiger partial charge is 0.289 e. The lowest BCUT2D eigenvalue weighted by Crippen LogP contribution is -2.12. The quantitative estimate of drug-likeness (QED) is 0.417. The number of carbonyl (C=O) groups excluding carboxylic acids is 1. The average Bonchev–Trinajstić information content (AvgIpc) is 2.60. The third-order valence-corrected chi connectivity index (χ3v) is 4.36. The van der Waals surface area contributed by atoms with Crippen LogP contribution in [0.4, 0.5) is 5.69 Å². The molecule has 0 spiro atoms. The van der Waals surface area contributed by atoms with Gasteiger partial charge in [0.2, 0.25) is 0 Å². The first-order valence-corrected chi connectivity index (χ1v) is 8.36. The van der Waals surface area contributed by atoms with E-state index in [4.69, 9.17) is 11.6 Å². The van der Waals surface area contributed by atoms with Crippen LogP contribution in [0.1, 0.15) is 30.4 Å². The summed E-state index contributed by atoms with van der Waals surface area (Å²) in [6.45, 7) is 0. The number of benzene rings is 2. The molecule has 2 aromatic carbocycles. The number of hydrogen-bond acceptors (Lipinski definition) is 3. The lowest BCUT2D eigenvalue weighted by Gasteiger charge is -2.16. The van der Waals surface area contributed by atoms with E-state index >= 15 is 0 Å². The number of hydrogen-bond donors (Lipinski definition) is 0. The van der Waals surface area contributed by atoms with Crippen LogP contribution in [0.5, 0.6) is 0 Å². The number of Topliss-reactive ketones (excluding diaryl/α,β-unsaturated/α-hetero) is 1. The minimum absolute atomic E-state index is 0.00714. The SMILES string of the molecule is O=C1/C(=C/c2ccc(Cl)cc2)CCC/C1=C\c1cccc([N+](=O)[O-])c1. The zero-order valence-electron chi connectivity index (χ0n) is 13.4. The molecule has 126 valence electrons. The number of nitro groups is 1. The van der Waals surface area contributed by atoms with E-state index in [9.17, 15) is 14.9 Å². The molecule has 25 heavy (non-hydrogen) atoms. The van der Waals surface area contributed by atoms with E-state index in [1.807, 2.05) is 18.2 Å². The fraction of sp³-hybridized carbons (Fsp3) is 0.150. The lowest BCUT2D eigenvalue weighted by molar-refractivity contribution is -0.384. The summed E-state index contributed by atoms with van der Waals surface area (Å²) in [5, 5.41) is 11.5. The first kappa shape index (κ1) is 17.1. The Bertz CT molecular complexity index is 882. The molecule has 4 nitrogen and oxygen atoms in total. The normalized spacial score (nSPS) is 17.9. The highest BCUT2D eigenvalue weighted by molar-refractivity contribution is 6.30. The summed E-state index contributed by atoms with van der Waals surface area (Å²) in [6, 6.07) is 13.7. The van der Waals surface area contributed by atoms with Crippen molar-refractivity contribution in [1.82, 2.24) is 0 Å². The van der Waals surface area contributed by atoms with Gasteiger partial charge in [-0.05, 0) is 54.7 Å².